The Morgan fingerprint density at radius 2 is 1.94 bits per heavy atom. The molecule has 1 aliphatic heterocycles. The van der Waals surface area contributed by atoms with Gasteiger partial charge in [-0.3, -0.25) is 0 Å². The first-order valence-electron chi connectivity index (χ1n) is 7.51. The van der Waals surface area contributed by atoms with Crippen molar-refractivity contribution in [2.45, 2.75) is 70.5 Å². The van der Waals surface area contributed by atoms with Gasteiger partial charge in [0.25, 0.3) is 0 Å². The largest absolute Gasteiger partial charge is 0.378 e. The van der Waals surface area contributed by atoms with Crippen LogP contribution in [0, 0.1) is 5.41 Å². The van der Waals surface area contributed by atoms with E-state index in [0.29, 0.717) is 18.1 Å². The van der Waals surface area contributed by atoms with E-state index in [1.807, 2.05) is 0 Å². The minimum Gasteiger partial charge on any atom is -0.378 e. The summed E-state index contributed by atoms with van der Waals surface area (Å²) < 4.78 is 11.8. The second-order valence-electron chi connectivity index (χ2n) is 6.82. The molecular weight excluding hydrogens is 226 g/mol. The fourth-order valence-electron chi connectivity index (χ4n) is 3.07. The summed E-state index contributed by atoms with van der Waals surface area (Å²) in [6.45, 7) is 7.09. The van der Waals surface area contributed by atoms with Gasteiger partial charge in [0.2, 0.25) is 0 Å². The highest BCUT2D eigenvalue weighted by Gasteiger charge is 2.38. The van der Waals surface area contributed by atoms with Crippen LogP contribution >= 0.6 is 0 Å². The van der Waals surface area contributed by atoms with Gasteiger partial charge in [0, 0.05) is 19.8 Å². The number of hydrogen-bond acceptors (Lipinski definition) is 3. The van der Waals surface area contributed by atoms with E-state index in [1.54, 1.807) is 0 Å². The fourth-order valence-corrected chi connectivity index (χ4v) is 3.07. The van der Waals surface area contributed by atoms with Gasteiger partial charge < -0.3 is 15.2 Å². The highest BCUT2D eigenvalue weighted by atomic mass is 16.5. The quantitative estimate of drug-likeness (QED) is 0.821. The van der Waals surface area contributed by atoms with Crippen LogP contribution in [0.2, 0.25) is 0 Å². The number of hydrogen-bond donors (Lipinski definition) is 1. The molecule has 0 radical (unpaired) electrons. The zero-order valence-corrected chi connectivity index (χ0v) is 12.0. The smallest absolute Gasteiger partial charge is 0.0804 e. The summed E-state index contributed by atoms with van der Waals surface area (Å²) in [5.74, 6) is 0. The van der Waals surface area contributed by atoms with Crippen LogP contribution in [0.3, 0.4) is 0 Å². The van der Waals surface area contributed by atoms with Crippen molar-refractivity contribution in [1.82, 2.24) is 0 Å². The van der Waals surface area contributed by atoms with Crippen LogP contribution in [0.25, 0.3) is 0 Å². The molecule has 1 saturated carbocycles. The number of ether oxygens (including phenoxy) is 2. The first-order valence-corrected chi connectivity index (χ1v) is 7.51. The fraction of sp³-hybridized carbons (Fsp3) is 1.00. The van der Waals surface area contributed by atoms with E-state index in [9.17, 15) is 0 Å². The molecule has 0 aromatic carbocycles. The SMILES string of the molecule is CC1(C)CCC(CN)(OCCC2CCCO2)CC1. The lowest BCUT2D eigenvalue weighted by molar-refractivity contribution is -0.0891. The predicted octanol–water partition coefficient (Wildman–Crippen LogP) is 2.87. The molecule has 2 fully saturated rings. The van der Waals surface area contributed by atoms with E-state index in [2.05, 4.69) is 13.8 Å². The second-order valence-corrected chi connectivity index (χ2v) is 6.82. The van der Waals surface area contributed by atoms with Gasteiger partial charge in [-0.15, -0.1) is 0 Å². The van der Waals surface area contributed by atoms with E-state index < -0.39 is 0 Å². The molecule has 1 saturated heterocycles. The average Bonchev–Trinajstić information content (AvgIpc) is 2.85. The van der Waals surface area contributed by atoms with Gasteiger partial charge in [-0.1, -0.05) is 13.8 Å². The number of rotatable bonds is 5. The molecule has 106 valence electrons. The van der Waals surface area contributed by atoms with Crippen molar-refractivity contribution < 1.29 is 9.47 Å². The third-order valence-electron chi connectivity index (χ3n) is 4.76. The van der Waals surface area contributed by atoms with Crippen LogP contribution < -0.4 is 5.73 Å². The Hall–Kier alpha value is -0.120. The van der Waals surface area contributed by atoms with E-state index in [4.69, 9.17) is 15.2 Å². The van der Waals surface area contributed by atoms with E-state index >= 15 is 0 Å². The highest BCUT2D eigenvalue weighted by molar-refractivity contribution is 4.91. The molecule has 3 heteroatoms. The summed E-state index contributed by atoms with van der Waals surface area (Å²) in [4.78, 5) is 0. The molecule has 2 rings (SSSR count). The Kier molecular flexibility index (Phi) is 4.68. The van der Waals surface area contributed by atoms with E-state index in [-0.39, 0.29) is 5.60 Å². The van der Waals surface area contributed by atoms with Crippen molar-refractivity contribution >= 4 is 0 Å². The molecule has 3 nitrogen and oxygen atoms in total. The maximum atomic E-state index is 6.17. The van der Waals surface area contributed by atoms with Gasteiger partial charge in [0.05, 0.1) is 11.7 Å². The molecule has 2 aliphatic rings. The van der Waals surface area contributed by atoms with Gasteiger partial charge in [-0.05, 0) is 50.4 Å². The molecule has 1 atom stereocenters. The van der Waals surface area contributed by atoms with Gasteiger partial charge in [0.1, 0.15) is 0 Å². The van der Waals surface area contributed by atoms with E-state index in [0.717, 1.165) is 32.5 Å². The Morgan fingerprint density at radius 1 is 1.22 bits per heavy atom. The molecule has 1 unspecified atom stereocenters. The molecule has 1 aliphatic carbocycles. The molecule has 18 heavy (non-hydrogen) atoms. The van der Waals surface area contributed by atoms with E-state index in [1.165, 1.54) is 25.7 Å². The Labute approximate surface area is 111 Å². The van der Waals surface area contributed by atoms with Gasteiger partial charge in [-0.25, -0.2) is 0 Å². The summed E-state index contributed by atoms with van der Waals surface area (Å²) in [6.07, 6.45) is 8.55. The molecule has 0 aromatic rings. The van der Waals surface area contributed by atoms with Crippen LogP contribution in [-0.4, -0.2) is 31.5 Å². The standard InChI is InChI=1S/C15H29NO2/c1-14(2)6-8-15(12-16,9-7-14)18-11-5-13-4-3-10-17-13/h13H,3-12,16H2,1-2H3. The van der Waals surface area contributed by atoms with Crippen molar-refractivity contribution in [3.8, 4) is 0 Å². The third kappa shape index (κ3) is 3.69. The van der Waals surface area contributed by atoms with Crippen LogP contribution in [0.4, 0.5) is 0 Å². The third-order valence-corrected chi connectivity index (χ3v) is 4.76. The summed E-state index contributed by atoms with van der Waals surface area (Å²) in [5, 5.41) is 0. The van der Waals surface area contributed by atoms with Crippen molar-refractivity contribution in [3.63, 3.8) is 0 Å². The minimum atomic E-state index is -0.0475. The number of nitrogens with two attached hydrogens (primary N) is 1. The van der Waals surface area contributed by atoms with Crippen LogP contribution in [0.15, 0.2) is 0 Å². The first kappa shape index (κ1) is 14.3. The zero-order valence-electron chi connectivity index (χ0n) is 12.0. The average molecular weight is 255 g/mol. The molecule has 0 aromatic heterocycles. The van der Waals surface area contributed by atoms with Gasteiger partial charge in [-0.2, -0.15) is 0 Å². The topological polar surface area (TPSA) is 44.5 Å². The van der Waals surface area contributed by atoms with Crippen LogP contribution in [0.5, 0.6) is 0 Å². The lowest BCUT2D eigenvalue weighted by Gasteiger charge is -2.43. The molecule has 0 bridgehead atoms. The molecule has 2 N–H and O–H groups in total. The monoisotopic (exact) mass is 255 g/mol. The van der Waals surface area contributed by atoms with Gasteiger partial charge in [0.15, 0.2) is 0 Å². The molecule has 0 spiro atoms. The van der Waals surface area contributed by atoms with Crippen molar-refractivity contribution in [1.29, 1.82) is 0 Å². The normalized spacial score (nSPS) is 30.5. The summed E-state index contributed by atoms with van der Waals surface area (Å²) in [7, 11) is 0. The Morgan fingerprint density at radius 3 is 2.50 bits per heavy atom. The summed E-state index contributed by atoms with van der Waals surface area (Å²) in [6, 6.07) is 0. The van der Waals surface area contributed by atoms with Crippen LogP contribution in [0.1, 0.15) is 58.8 Å². The highest BCUT2D eigenvalue weighted by Crippen LogP contribution is 2.41. The minimum absolute atomic E-state index is 0.0475. The second kappa shape index (κ2) is 5.89. The summed E-state index contributed by atoms with van der Waals surface area (Å²) in [5.41, 5.74) is 6.39. The predicted molar refractivity (Wildman–Crippen MR) is 73.6 cm³/mol. The maximum absolute atomic E-state index is 6.17. The van der Waals surface area contributed by atoms with Crippen molar-refractivity contribution in [3.05, 3.63) is 0 Å². The summed E-state index contributed by atoms with van der Waals surface area (Å²) >= 11 is 0. The molecular formula is C15H29NO2. The van der Waals surface area contributed by atoms with Crippen molar-refractivity contribution in [2.24, 2.45) is 11.1 Å². The maximum Gasteiger partial charge on any atom is 0.0804 e. The van der Waals surface area contributed by atoms with Crippen LogP contribution in [-0.2, 0) is 9.47 Å². The molecule has 0 amide bonds. The van der Waals surface area contributed by atoms with Gasteiger partial charge >= 0.3 is 0 Å². The zero-order chi connectivity index (χ0) is 13.1. The lowest BCUT2D eigenvalue weighted by atomic mass is 9.71. The Bertz CT molecular complexity index is 249. The first-order chi connectivity index (χ1) is 8.55. The molecule has 1 heterocycles. The lowest BCUT2D eigenvalue weighted by Crippen LogP contribution is -2.46. The van der Waals surface area contributed by atoms with Crippen molar-refractivity contribution in [2.75, 3.05) is 19.8 Å². The Balaban J connectivity index is 1.74.